The Labute approximate surface area is 104 Å². The van der Waals surface area contributed by atoms with Crippen molar-refractivity contribution >= 4 is 5.91 Å². The fraction of sp³-hybridized carbons (Fsp3) is 0.500. The van der Waals surface area contributed by atoms with Gasteiger partial charge in [-0.2, -0.15) is 0 Å². The van der Waals surface area contributed by atoms with E-state index in [-0.39, 0.29) is 11.6 Å². The Morgan fingerprint density at radius 1 is 1.33 bits per heavy atom. The molecule has 0 aromatic carbocycles. The monoisotopic (exact) mass is 252 g/mol. The summed E-state index contributed by atoms with van der Waals surface area (Å²) in [5.41, 5.74) is -0.940. The van der Waals surface area contributed by atoms with Gasteiger partial charge in [-0.3, -0.25) is 9.59 Å². The van der Waals surface area contributed by atoms with Crippen LogP contribution < -0.4 is 5.43 Å². The minimum Gasteiger partial charge on any atom is -0.503 e. The first-order valence-electron chi connectivity index (χ1n) is 6.01. The van der Waals surface area contributed by atoms with E-state index in [1.807, 2.05) is 0 Å². The van der Waals surface area contributed by atoms with Crippen LogP contribution in [-0.4, -0.2) is 38.7 Å². The van der Waals surface area contributed by atoms with Gasteiger partial charge in [-0.25, -0.2) is 0 Å². The Hall–Kier alpha value is -1.98. The molecule has 0 bridgehead atoms. The molecule has 0 unspecified atom stereocenters. The van der Waals surface area contributed by atoms with Gasteiger partial charge < -0.3 is 19.7 Å². The van der Waals surface area contributed by atoms with Gasteiger partial charge >= 0.3 is 0 Å². The lowest BCUT2D eigenvalue weighted by molar-refractivity contribution is 0.0777. The maximum absolute atomic E-state index is 12.2. The lowest BCUT2D eigenvalue weighted by Gasteiger charge is -2.19. The predicted octanol–water partition coefficient (Wildman–Crippen LogP) is 0.515. The first-order chi connectivity index (χ1) is 8.56. The number of hydrogen-bond donors (Lipinski definition) is 2. The van der Waals surface area contributed by atoms with Crippen molar-refractivity contribution in [3.8, 4) is 11.5 Å². The molecular weight excluding hydrogens is 236 g/mol. The first kappa shape index (κ1) is 12.5. The standard InChI is InChI=1S/C12H16N2O4/c1-2-13-7-8(15)10(16)11(17)9(13)12(18)14-5-3-4-6-14/h7,15,17H,2-6H2,1H3. The molecule has 2 heterocycles. The number of rotatable bonds is 2. The number of aromatic nitrogens is 1. The van der Waals surface area contributed by atoms with Gasteiger partial charge in [0.15, 0.2) is 17.2 Å². The molecule has 0 atom stereocenters. The van der Waals surface area contributed by atoms with Crippen LogP contribution in [-0.2, 0) is 6.54 Å². The second-order valence-electron chi connectivity index (χ2n) is 4.33. The molecule has 0 spiro atoms. The van der Waals surface area contributed by atoms with E-state index in [1.165, 1.54) is 10.8 Å². The minimum absolute atomic E-state index is 0.0396. The summed E-state index contributed by atoms with van der Waals surface area (Å²) in [6, 6.07) is 0. The van der Waals surface area contributed by atoms with Crippen LogP contribution >= 0.6 is 0 Å². The van der Waals surface area contributed by atoms with Crippen molar-refractivity contribution in [1.82, 2.24) is 9.47 Å². The van der Waals surface area contributed by atoms with E-state index in [1.54, 1.807) is 11.8 Å². The molecule has 1 aliphatic rings. The largest absolute Gasteiger partial charge is 0.503 e. The summed E-state index contributed by atoms with van der Waals surface area (Å²) in [5.74, 6) is -1.58. The molecule has 1 fully saturated rings. The smallest absolute Gasteiger partial charge is 0.274 e. The summed E-state index contributed by atoms with van der Waals surface area (Å²) in [5, 5.41) is 19.1. The van der Waals surface area contributed by atoms with E-state index in [2.05, 4.69) is 0 Å². The quantitative estimate of drug-likeness (QED) is 0.803. The molecule has 1 amide bonds. The second kappa shape index (κ2) is 4.72. The van der Waals surface area contributed by atoms with Crippen LogP contribution in [0, 0.1) is 0 Å². The highest BCUT2D eigenvalue weighted by molar-refractivity contribution is 5.95. The second-order valence-corrected chi connectivity index (χ2v) is 4.33. The molecule has 2 N–H and O–H groups in total. The zero-order valence-electron chi connectivity index (χ0n) is 10.2. The molecule has 1 aromatic heterocycles. The molecule has 18 heavy (non-hydrogen) atoms. The summed E-state index contributed by atoms with van der Waals surface area (Å²) in [6.07, 6.45) is 3.05. The van der Waals surface area contributed by atoms with E-state index in [4.69, 9.17) is 0 Å². The van der Waals surface area contributed by atoms with Gasteiger partial charge in [0.1, 0.15) is 0 Å². The summed E-state index contributed by atoms with van der Waals surface area (Å²) < 4.78 is 1.40. The van der Waals surface area contributed by atoms with Gasteiger partial charge in [0, 0.05) is 19.6 Å². The lowest BCUT2D eigenvalue weighted by atomic mass is 10.2. The topological polar surface area (TPSA) is 82.8 Å². The summed E-state index contributed by atoms with van der Waals surface area (Å²) in [7, 11) is 0. The maximum atomic E-state index is 12.2. The maximum Gasteiger partial charge on any atom is 0.274 e. The molecule has 0 aliphatic carbocycles. The van der Waals surface area contributed by atoms with Crippen molar-refractivity contribution in [3.05, 3.63) is 22.1 Å². The molecule has 0 radical (unpaired) electrons. The van der Waals surface area contributed by atoms with E-state index in [0.717, 1.165) is 12.8 Å². The lowest BCUT2D eigenvalue weighted by Crippen LogP contribution is -2.31. The van der Waals surface area contributed by atoms with Crippen LogP contribution in [0.25, 0.3) is 0 Å². The molecule has 1 saturated heterocycles. The Bertz CT molecular complexity index is 530. The van der Waals surface area contributed by atoms with Crippen molar-refractivity contribution in [2.75, 3.05) is 13.1 Å². The number of carbonyl (C=O) groups is 1. The molecule has 6 heteroatoms. The highest BCUT2D eigenvalue weighted by Crippen LogP contribution is 2.20. The van der Waals surface area contributed by atoms with Crippen molar-refractivity contribution in [2.24, 2.45) is 0 Å². The van der Waals surface area contributed by atoms with Gasteiger partial charge in [-0.15, -0.1) is 0 Å². The average Bonchev–Trinajstić information content (AvgIpc) is 2.88. The Kier molecular flexibility index (Phi) is 3.27. The Morgan fingerprint density at radius 2 is 1.94 bits per heavy atom. The van der Waals surface area contributed by atoms with Crippen molar-refractivity contribution < 1.29 is 15.0 Å². The number of carbonyl (C=O) groups excluding carboxylic acids is 1. The number of nitrogens with zero attached hydrogens (tertiary/aromatic N) is 2. The van der Waals surface area contributed by atoms with Gasteiger partial charge in [-0.05, 0) is 19.8 Å². The van der Waals surface area contributed by atoms with Crippen molar-refractivity contribution in [3.63, 3.8) is 0 Å². The molecule has 2 rings (SSSR count). The molecule has 98 valence electrons. The number of likely N-dealkylation sites (tertiary alicyclic amines) is 1. The Balaban J connectivity index is 2.51. The third-order valence-corrected chi connectivity index (χ3v) is 3.17. The molecule has 1 aliphatic heterocycles. The number of aryl methyl sites for hydroxylation is 1. The normalized spacial score (nSPS) is 15.1. The molecule has 1 aromatic rings. The average molecular weight is 252 g/mol. The van der Waals surface area contributed by atoms with Gasteiger partial charge in [0.05, 0.1) is 6.20 Å². The Morgan fingerprint density at radius 3 is 2.50 bits per heavy atom. The minimum atomic E-state index is -0.901. The van der Waals surface area contributed by atoms with E-state index >= 15 is 0 Å². The van der Waals surface area contributed by atoms with Crippen LogP contribution in [0.5, 0.6) is 11.5 Å². The summed E-state index contributed by atoms with van der Waals surface area (Å²) in [6.45, 7) is 3.43. The SMILES string of the molecule is CCn1cc(O)c(=O)c(O)c1C(=O)N1CCCC1. The number of aromatic hydroxyl groups is 2. The van der Waals surface area contributed by atoms with Gasteiger partial charge in [0.2, 0.25) is 0 Å². The summed E-state index contributed by atoms with van der Waals surface area (Å²) in [4.78, 5) is 25.3. The van der Waals surface area contributed by atoms with E-state index < -0.39 is 16.9 Å². The number of hydrogen-bond acceptors (Lipinski definition) is 4. The van der Waals surface area contributed by atoms with Crippen LogP contribution in [0.3, 0.4) is 0 Å². The number of amides is 1. The van der Waals surface area contributed by atoms with E-state index in [0.29, 0.717) is 19.6 Å². The predicted molar refractivity (Wildman–Crippen MR) is 64.8 cm³/mol. The molecule has 0 saturated carbocycles. The molecular formula is C12H16N2O4. The van der Waals surface area contributed by atoms with Gasteiger partial charge in [-0.1, -0.05) is 0 Å². The fourth-order valence-corrected chi connectivity index (χ4v) is 2.18. The van der Waals surface area contributed by atoms with Crippen LogP contribution in [0.4, 0.5) is 0 Å². The zero-order chi connectivity index (χ0) is 13.3. The summed E-state index contributed by atoms with van der Waals surface area (Å²) >= 11 is 0. The third-order valence-electron chi connectivity index (χ3n) is 3.17. The van der Waals surface area contributed by atoms with E-state index in [9.17, 15) is 19.8 Å². The first-order valence-corrected chi connectivity index (χ1v) is 6.01. The van der Waals surface area contributed by atoms with Crippen molar-refractivity contribution in [1.29, 1.82) is 0 Å². The third kappa shape index (κ3) is 1.94. The van der Waals surface area contributed by atoms with Crippen LogP contribution in [0.15, 0.2) is 11.0 Å². The van der Waals surface area contributed by atoms with Gasteiger partial charge in [0.25, 0.3) is 11.3 Å². The highest BCUT2D eigenvalue weighted by atomic mass is 16.3. The van der Waals surface area contributed by atoms with Crippen molar-refractivity contribution in [2.45, 2.75) is 26.3 Å². The highest BCUT2D eigenvalue weighted by Gasteiger charge is 2.26. The zero-order valence-corrected chi connectivity index (χ0v) is 10.2. The fourth-order valence-electron chi connectivity index (χ4n) is 2.18. The number of pyridine rings is 1. The van der Waals surface area contributed by atoms with Crippen LogP contribution in [0.2, 0.25) is 0 Å². The molecule has 6 nitrogen and oxygen atoms in total. The van der Waals surface area contributed by atoms with Crippen LogP contribution in [0.1, 0.15) is 30.3 Å².